The summed E-state index contributed by atoms with van der Waals surface area (Å²) in [5.41, 5.74) is 2.46. The van der Waals surface area contributed by atoms with E-state index in [1.165, 1.54) is 11.1 Å². The lowest BCUT2D eigenvalue weighted by atomic mass is 10.1. The monoisotopic (exact) mass is 302 g/mol. The lowest BCUT2D eigenvalue weighted by Crippen LogP contribution is -2.46. The lowest BCUT2D eigenvalue weighted by Gasteiger charge is -2.23. The van der Waals surface area contributed by atoms with Crippen LogP contribution in [0.4, 0.5) is 0 Å². The summed E-state index contributed by atoms with van der Waals surface area (Å²) in [5, 5.41) is 2.99. The van der Waals surface area contributed by atoms with E-state index in [9.17, 15) is 9.59 Å². The Kier molecular flexibility index (Phi) is 5.99. The quantitative estimate of drug-likeness (QED) is 0.877. The van der Waals surface area contributed by atoms with Crippen LogP contribution in [0.5, 0.6) is 0 Å². The van der Waals surface area contributed by atoms with Gasteiger partial charge in [0, 0.05) is 19.5 Å². The van der Waals surface area contributed by atoms with Crippen molar-refractivity contribution in [2.45, 2.75) is 52.0 Å². The third-order valence-corrected chi connectivity index (χ3v) is 4.14. The van der Waals surface area contributed by atoms with E-state index < -0.39 is 0 Å². The minimum Gasteiger partial charge on any atom is -0.354 e. The topological polar surface area (TPSA) is 49.4 Å². The predicted molar refractivity (Wildman–Crippen MR) is 87.5 cm³/mol. The van der Waals surface area contributed by atoms with Gasteiger partial charge in [0.05, 0.1) is 0 Å². The third kappa shape index (κ3) is 4.33. The van der Waals surface area contributed by atoms with Gasteiger partial charge in [-0.1, -0.05) is 36.8 Å². The normalized spacial score (nSPS) is 17.5. The summed E-state index contributed by atoms with van der Waals surface area (Å²) in [6.45, 7) is 5.39. The number of likely N-dealkylation sites (tertiary alicyclic amines) is 1. The summed E-state index contributed by atoms with van der Waals surface area (Å²) in [4.78, 5) is 26.1. The largest absolute Gasteiger partial charge is 0.354 e. The molecule has 1 aromatic carbocycles. The molecule has 0 saturated carbocycles. The molecule has 22 heavy (non-hydrogen) atoms. The number of hydrogen-bond acceptors (Lipinski definition) is 2. The van der Waals surface area contributed by atoms with E-state index in [0.717, 1.165) is 32.2 Å². The molecule has 1 N–H and O–H groups in total. The maximum absolute atomic E-state index is 12.3. The molecule has 0 spiro atoms. The van der Waals surface area contributed by atoms with Crippen molar-refractivity contribution < 1.29 is 9.59 Å². The molecule has 4 heteroatoms. The van der Waals surface area contributed by atoms with Crippen molar-refractivity contribution in [3.05, 3.63) is 35.4 Å². The minimum atomic E-state index is -0.267. The van der Waals surface area contributed by atoms with E-state index in [-0.39, 0.29) is 17.9 Å². The molecule has 0 aliphatic carbocycles. The van der Waals surface area contributed by atoms with E-state index in [2.05, 4.69) is 30.4 Å². The summed E-state index contributed by atoms with van der Waals surface area (Å²) >= 11 is 0. The van der Waals surface area contributed by atoms with Crippen LogP contribution in [-0.4, -0.2) is 35.8 Å². The second kappa shape index (κ2) is 7.97. The highest BCUT2D eigenvalue weighted by Crippen LogP contribution is 2.18. The Balaban J connectivity index is 1.82. The van der Waals surface area contributed by atoms with Gasteiger partial charge >= 0.3 is 0 Å². The Morgan fingerprint density at radius 1 is 1.36 bits per heavy atom. The molecule has 1 saturated heterocycles. The van der Waals surface area contributed by atoms with Gasteiger partial charge in [-0.3, -0.25) is 9.59 Å². The molecule has 1 aliphatic heterocycles. The van der Waals surface area contributed by atoms with Crippen LogP contribution in [0.2, 0.25) is 0 Å². The zero-order chi connectivity index (χ0) is 15.9. The molecule has 2 rings (SSSR count). The molecular weight excluding hydrogens is 276 g/mol. The molecule has 1 aromatic rings. The van der Waals surface area contributed by atoms with Crippen molar-refractivity contribution >= 4 is 11.8 Å². The van der Waals surface area contributed by atoms with Crippen molar-refractivity contribution in [1.29, 1.82) is 0 Å². The van der Waals surface area contributed by atoms with E-state index in [4.69, 9.17) is 0 Å². The predicted octanol–water partition coefficient (Wildman–Crippen LogP) is 2.44. The molecule has 1 fully saturated rings. The Morgan fingerprint density at radius 3 is 2.91 bits per heavy atom. The van der Waals surface area contributed by atoms with Crippen LogP contribution in [0.3, 0.4) is 0 Å². The number of carbonyl (C=O) groups excluding carboxylic acids is 2. The van der Waals surface area contributed by atoms with E-state index in [0.29, 0.717) is 13.0 Å². The van der Waals surface area contributed by atoms with Crippen LogP contribution in [0, 0.1) is 6.92 Å². The zero-order valence-electron chi connectivity index (χ0n) is 13.6. The Bertz CT molecular complexity index is 528. The first-order valence-corrected chi connectivity index (χ1v) is 8.24. The van der Waals surface area contributed by atoms with Gasteiger partial charge in [-0.25, -0.2) is 0 Å². The van der Waals surface area contributed by atoms with Crippen LogP contribution >= 0.6 is 0 Å². The molecular formula is C18H26N2O2. The van der Waals surface area contributed by atoms with E-state index in [1.54, 1.807) is 4.90 Å². The highest BCUT2D eigenvalue weighted by molar-refractivity contribution is 5.88. The highest BCUT2D eigenvalue weighted by atomic mass is 16.2. The smallest absolute Gasteiger partial charge is 0.242 e. The van der Waals surface area contributed by atoms with Crippen molar-refractivity contribution in [2.24, 2.45) is 0 Å². The van der Waals surface area contributed by atoms with Gasteiger partial charge in [-0.05, 0) is 38.2 Å². The number of amides is 2. The molecule has 2 amide bonds. The van der Waals surface area contributed by atoms with E-state index in [1.807, 2.05) is 13.0 Å². The van der Waals surface area contributed by atoms with Crippen LogP contribution in [0.15, 0.2) is 24.3 Å². The fraction of sp³-hybridized carbons (Fsp3) is 0.556. The third-order valence-electron chi connectivity index (χ3n) is 4.14. The summed E-state index contributed by atoms with van der Waals surface area (Å²) in [5.74, 6) is 0.105. The molecule has 1 aliphatic rings. The Hall–Kier alpha value is -1.84. The molecule has 1 atom stereocenters. The fourth-order valence-corrected chi connectivity index (χ4v) is 3.01. The molecule has 1 heterocycles. The molecule has 0 unspecified atom stereocenters. The Labute approximate surface area is 132 Å². The van der Waals surface area contributed by atoms with Gasteiger partial charge in [0.2, 0.25) is 11.8 Å². The van der Waals surface area contributed by atoms with Gasteiger partial charge in [0.25, 0.3) is 0 Å². The first kappa shape index (κ1) is 16.5. The number of rotatable bonds is 6. The molecule has 0 bridgehead atoms. The van der Waals surface area contributed by atoms with Crippen LogP contribution < -0.4 is 5.32 Å². The summed E-state index contributed by atoms with van der Waals surface area (Å²) in [6, 6.07) is 8.05. The maximum atomic E-state index is 12.3. The number of hydrogen-bond donors (Lipinski definition) is 1. The molecule has 0 radical (unpaired) electrons. The number of carbonyl (C=O) groups is 2. The van der Waals surface area contributed by atoms with Crippen molar-refractivity contribution in [3.8, 4) is 0 Å². The fourth-order valence-electron chi connectivity index (χ4n) is 3.01. The minimum absolute atomic E-state index is 0.00499. The first-order valence-electron chi connectivity index (χ1n) is 8.24. The summed E-state index contributed by atoms with van der Waals surface area (Å²) in [6.07, 6.45) is 3.89. The highest BCUT2D eigenvalue weighted by Gasteiger charge is 2.33. The van der Waals surface area contributed by atoms with Gasteiger partial charge < -0.3 is 10.2 Å². The first-order chi connectivity index (χ1) is 10.6. The van der Waals surface area contributed by atoms with Crippen LogP contribution in [-0.2, 0) is 16.0 Å². The van der Waals surface area contributed by atoms with Crippen molar-refractivity contribution in [3.63, 3.8) is 0 Å². The SMILES string of the molecule is CCCC(=O)N1CCC[C@H]1C(=O)NCCc1cccc(C)c1. The molecule has 4 nitrogen and oxygen atoms in total. The average Bonchev–Trinajstić information content (AvgIpc) is 2.97. The van der Waals surface area contributed by atoms with Crippen LogP contribution in [0.1, 0.15) is 43.7 Å². The van der Waals surface area contributed by atoms with Gasteiger partial charge in [0.15, 0.2) is 0 Å². The molecule has 120 valence electrons. The lowest BCUT2D eigenvalue weighted by molar-refractivity contribution is -0.138. The number of benzene rings is 1. The van der Waals surface area contributed by atoms with Crippen LogP contribution in [0.25, 0.3) is 0 Å². The number of aryl methyl sites for hydroxylation is 1. The zero-order valence-corrected chi connectivity index (χ0v) is 13.6. The summed E-state index contributed by atoms with van der Waals surface area (Å²) < 4.78 is 0. The van der Waals surface area contributed by atoms with Crippen molar-refractivity contribution in [2.75, 3.05) is 13.1 Å². The van der Waals surface area contributed by atoms with Gasteiger partial charge in [-0.15, -0.1) is 0 Å². The number of nitrogens with zero attached hydrogens (tertiary/aromatic N) is 1. The second-order valence-electron chi connectivity index (χ2n) is 6.03. The summed E-state index contributed by atoms with van der Waals surface area (Å²) in [7, 11) is 0. The maximum Gasteiger partial charge on any atom is 0.242 e. The Morgan fingerprint density at radius 2 is 2.18 bits per heavy atom. The number of nitrogens with one attached hydrogen (secondary N) is 1. The standard InChI is InChI=1S/C18H26N2O2/c1-3-6-17(21)20-12-5-9-16(20)18(22)19-11-10-15-8-4-7-14(2)13-15/h4,7-8,13,16H,3,5-6,9-12H2,1-2H3,(H,19,22)/t16-/m0/s1. The van der Waals surface area contributed by atoms with Gasteiger partial charge in [-0.2, -0.15) is 0 Å². The second-order valence-corrected chi connectivity index (χ2v) is 6.03. The van der Waals surface area contributed by atoms with Gasteiger partial charge in [0.1, 0.15) is 6.04 Å². The molecule has 0 aromatic heterocycles. The average molecular weight is 302 g/mol. The van der Waals surface area contributed by atoms with Crippen molar-refractivity contribution in [1.82, 2.24) is 10.2 Å². The van der Waals surface area contributed by atoms with E-state index >= 15 is 0 Å².